The highest BCUT2D eigenvalue weighted by Gasteiger charge is 2.33. The van der Waals surface area contributed by atoms with E-state index in [4.69, 9.17) is 0 Å². The lowest BCUT2D eigenvalue weighted by molar-refractivity contribution is -0.131. The third-order valence-electron chi connectivity index (χ3n) is 3.66. The van der Waals surface area contributed by atoms with Gasteiger partial charge >= 0.3 is 0 Å². The number of hydrogen-bond acceptors (Lipinski definition) is 3. The molecular weight excluding hydrogens is 228 g/mol. The van der Waals surface area contributed by atoms with E-state index in [0.29, 0.717) is 25.2 Å². The van der Waals surface area contributed by atoms with Crippen LogP contribution < -0.4 is 5.32 Å². The molecule has 3 rings (SSSR count). The highest BCUT2D eigenvalue weighted by atomic mass is 16.2. The number of nitrogens with zero attached hydrogens (tertiary/aromatic N) is 3. The first-order valence-corrected chi connectivity index (χ1v) is 6.73. The van der Waals surface area contributed by atoms with Crippen LogP contribution in [0.3, 0.4) is 0 Å². The van der Waals surface area contributed by atoms with Gasteiger partial charge in [0.15, 0.2) is 0 Å². The van der Waals surface area contributed by atoms with Crippen molar-refractivity contribution < 1.29 is 4.79 Å². The van der Waals surface area contributed by atoms with Gasteiger partial charge in [0.1, 0.15) is 5.82 Å². The minimum atomic E-state index is 0.215. The van der Waals surface area contributed by atoms with Crippen molar-refractivity contribution in [3.63, 3.8) is 0 Å². The molecule has 1 N–H and O–H groups in total. The summed E-state index contributed by atoms with van der Waals surface area (Å²) in [6.45, 7) is 1.12. The van der Waals surface area contributed by atoms with E-state index in [9.17, 15) is 4.79 Å². The van der Waals surface area contributed by atoms with E-state index in [-0.39, 0.29) is 5.91 Å². The fraction of sp³-hybridized carbons (Fsp3) is 0.692. The molecule has 18 heavy (non-hydrogen) atoms. The third kappa shape index (κ3) is 2.72. The van der Waals surface area contributed by atoms with E-state index in [1.54, 1.807) is 6.20 Å². The molecule has 0 bridgehead atoms. The van der Waals surface area contributed by atoms with Crippen molar-refractivity contribution in [1.82, 2.24) is 19.8 Å². The Labute approximate surface area is 107 Å². The van der Waals surface area contributed by atoms with Gasteiger partial charge in [0.25, 0.3) is 0 Å². The molecule has 0 radical (unpaired) electrons. The van der Waals surface area contributed by atoms with Gasteiger partial charge in [0.05, 0.1) is 13.1 Å². The first-order chi connectivity index (χ1) is 8.74. The van der Waals surface area contributed by atoms with Crippen molar-refractivity contribution in [2.45, 2.75) is 44.3 Å². The van der Waals surface area contributed by atoms with E-state index >= 15 is 0 Å². The van der Waals surface area contributed by atoms with Crippen molar-refractivity contribution in [3.8, 4) is 0 Å². The number of aryl methyl sites for hydroxylation is 1. The van der Waals surface area contributed by atoms with Gasteiger partial charge in [-0.15, -0.1) is 0 Å². The molecule has 0 atom stereocenters. The maximum atomic E-state index is 12.2. The molecule has 0 unspecified atom stereocenters. The molecule has 1 aromatic rings. The number of carbonyl (C=O) groups excluding carboxylic acids is 1. The zero-order valence-electron chi connectivity index (χ0n) is 10.8. The summed E-state index contributed by atoms with van der Waals surface area (Å²) < 4.78 is 1.98. The second-order valence-electron chi connectivity index (χ2n) is 5.36. The van der Waals surface area contributed by atoms with Crippen LogP contribution in [0.1, 0.15) is 31.5 Å². The number of aromatic nitrogens is 2. The average Bonchev–Trinajstić information content (AvgIpc) is 3.24. The minimum Gasteiger partial charge on any atom is -0.337 e. The molecule has 1 amide bonds. The van der Waals surface area contributed by atoms with E-state index in [2.05, 4.69) is 10.3 Å². The Balaban J connectivity index is 1.60. The number of imidazole rings is 1. The molecule has 2 aliphatic rings. The van der Waals surface area contributed by atoms with E-state index in [1.807, 2.05) is 22.7 Å². The molecule has 1 heterocycles. The van der Waals surface area contributed by atoms with Crippen LogP contribution in [0.2, 0.25) is 0 Å². The maximum absolute atomic E-state index is 12.2. The van der Waals surface area contributed by atoms with Crippen LogP contribution in [0.4, 0.5) is 0 Å². The topological polar surface area (TPSA) is 50.2 Å². The van der Waals surface area contributed by atoms with Crippen LogP contribution in [0, 0.1) is 0 Å². The monoisotopic (exact) mass is 248 g/mol. The van der Waals surface area contributed by atoms with Gasteiger partial charge in [-0.05, 0) is 25.7 Å². The molecule has 0 spiro atoms. The van der Waals surface area contributed by atoms with Gasteiger partial charge in [-0.1, -0.05) is 0 Å². The summed E-state index contributed by atoms with van der Waals surface area (Å²) in [6.07, 6.45) is 8.42. The number of rotatable bonds is 6. The van der Waals surface area contributed by atoms with Crippen LogP contribution in [0.15, 0.2) is 12.4 Å². The van der Waals surface area contributed by atoms with Crippen molar-refractivity contribution in [1.29, 1.82) is 0 Å². The standard InChI is InChI=1S/C13H20N4O/c1-16-7-6-14-12(16)9-17(11-4-5-11)13(18)8-15-10-2-3-10/h6-7,10-11,15H,2-5,8-9H2,1H3. The van der Waals surface area contributed by atoms with E-state index in [1.165, 1.54) is 12.8 Å². The zero-order chi connectivity index (χ0) is 12.5. The van der Waals surface area contributed by atoms with Gasteiger partial charge in [-0.2, -0.15) is 0 Å². The second kappa shape index (κ2) is 4.72. The van der Waals surface area contributed by atoms with Gasteiger partial charge in [0, 0.05) is 31.5 Å². The quantitative estimate of drug-likeness (QED) is 0.804. The Morgan fingerprint density at radius 2 is 2.28 bits per heavy atom. The fourth-order valence-corrected chi connectivity index (χ4v) is 2.13. The molecule has 0 saturated heterocycles. The van der Waals surface area contributed by atoms with Crippen molar-refractivity contribution in [2.75, 3.05) is 6.54 Å². The van der Waals surface area contributed by atoms with Crippen molar-refractivity contribution in [2.24, 2.45) is 7.05 Å². The highest BCUT2D eigenvalue weighted by Crippen LogP contribution is 2.28. The lowest BCUT2D eigenvalue weighted by Crippen LogP contribution is -2.40. The minimum absolute atomic E-state index is 0.215. The lowest BCUT2D eigenvalue weighted by Gasteiger charge is -2.22. The van der Waals surface area contributed by atoms with Gasteiger partial charge in [0.2, 0.25) is 5.91 Å². The van der Waals surface area contributed by atoms with Gasteiger partial charge < -0.3 is 14.8 Å². The highest BCUT2D eigenvalue weighted by molar-refractivity contribution is 5.79. The molecule has 0 aromatic carbocycles. The SMILES string of the molecule is Cn1ccnc1CN(C(=O)CNC1CC1)C1CC1. The van der Waals surface area contributed by atoms with Crippen LogP contribution in [0.5, 0.6) is 0 Å². The molecule has 1 aromatic heterocycles. The van der Waals surface area contributed by atoms with Crippen LogP contribution in [-0.2, 0) is 18.4 Å². The Bertz CT molecular complexity index is 434. The maximum Gasteiger partial charge on any atom is 0.237 e. The van der Waals surface area contributed by atoms with Crippen LogP contribution >= 0.6 is 0 Å². The van der Waals surface area contributed by atoms with Crippen molar-refractivity contribution >= 4 is 5.91 Å². The number of carbonyl (C=O) groups is 1. The first-order valence-electron chi connectivity index (χ1n) is 6.73. The lowest BCUT2D eigenvalue weighted by atomic mass is 10.4. The summed E-state index contributed by atoms with van der Waals surface area (Å²) >= 11 is 0. The smallest absolute Gasteiger partial charge is 0.237 e. The zero-order valence-corrected chi connectivity index (χ0v) is 10.8. The number of amides is 1. The molecule has 2 saturated carbocycles. The number of hydrogen-bond donors (Lipinski definition) is 1. The Kier molecular flexibility index (Phi) is 3.07. The predicted molar refractivity (Wildman–Crippen MR) is 67.8 cm³/mol. The van der Waals surface area contributed by atoms with Crippen LogP contribution in [0.25, 0.3) is 0 Å². The summed E-state index contributed by atoms with van der Waals surface area (Å²) in [4.78, 5) is 18.5. The summed E-state index contributed by atoms with van der Waals surface area (Å²) in [5.74, 6) is 1.18. The normalized spacial score (nSPS) is 18.9. The molecule has 5 heteroatoms. The molecule has 2 aliphatic carbocycles. The third-order valence-corrected chi connectivity index (χ3v) is 3.66. The molecule has 0 aliphatic heterocycles. The summed E-state index contributed by atoms with van der Waals surface area (Å²) in [5.41, 5.74) is 0. The Hall–Kier alpha value is -1.36. The molecule has 2 fully saturated rings. The van der Waals surface area contributed by atoms with Crippen LogP contribution in [-0.4, -0.2) is 39.0 Å². The van der Waals surface area contributed by atoms with Crippen molar-refractivity contribution in [3.05, 3.63) is 18.2 Å². The fourth-order valence-electron chi connectivity index (χ4n) is 2.13. The Morgan fingerprint density at radius 1 is 1.50 bits per heavy atom. The molecule has 5 nitrogen and oxygen atoms in total. The predicted octanol–water partition coefficient (Wildman–Crippen LogP) is 0.663. The average molecular weight is 248 g/mol. The summed E-state index contributed by atoms with van der Waals surface area (Å²) in [7, 11) is 1.97. The van der Waals surface area contributed by atoms with Gasteiger partial charge in [-0.3, -0.25) is 4.79 Å². The van der Waals surface area contributed by atoms with E-state index < -0.39 is 0 Å². The summed E-state index contributed by atoms with van der Waals surface area (Å²) in [6, 6.07) is 1.03. The largest absolute Gasteiger partial charge is 0.337 e. The molecule has 98 valence electrons. The molecular formula is C13H20N4O. The van der Waals surface area contributed by atoms with E-state index in [0.717, 1.165) is 18.7 Å². The second-order valence-corrected chi connectivity index (χ2v) is 5.36. The first kappa shape index (κ1) is 11.7. The number of nitrogens with one attached hydrogen (secondary N) is 1. The van der Waals surface area contributed by atoms with Gasteiger partial charge in [-0.25, -0.2) is 4.98 Å². The summed E-state index contributed by atoms with van der Waals surface area (Å²) in [5, 5.41) is 3.30. The Morgan fingerprint density at radius 3 is 2.83 bits per heavy atom.